The molecule has 0 aliphatic heterocycles. The van der Waals surface area contributed by atoms with Gasteiger partial charge in [0.1, 0.15) is 0 Å². The lowest BCUT2D eigenvalue weighted by Crippen LogP contribution is -1.81. The number of rotatable bonds is 2. The van der Waals surface area contributed by atoms with Crippen molar-refractivity contribution in [2.24, 2.45) is 0 Å². The smallest absolute Gasteiger partial charge is 0.166 e. The van der Waals surface area contributed by atoms with Gasteiger partial charge >= 0.3 is 0 Å². The van der Waals surface area contributed by atoms with Gasteiger partial charge in [-0.05, 0) is 73.6 Å². The van der Waals surface area contributed by atoms with Gasteiger partial charge in [0.25, 0.3) is 0 Å². The summed E-state index contributed by atoms with van der Waals surface area (Å²) in [5, 5.41) is 0. The van der Waals surface area contributed by atoms with E-state index in [1.807, 2.05) is 27.7 Å². The molecule has 0 aromatic carbocycles. The van der Waals surface area contributed by atoms with Gasteiger partial charge < -0.3 is 9.97 Å². The third-order valence-corrected chi connectivity index (χ3v) is 3.88. The van der Waals surface area contributed by atoms with Crippen LogP contribution in [0.3, 0.4) is 0 Å². The van der Waals surface area contributed by atoms with E-state index >= 15 is 0 Å². The first-order valence-electron chi connectivity index (χ1n) is 6.80. The lowest BCUT2D eigenvalue weighted by Gasteiger charge is -1.88. The Kier molecular flexibility index (Phi) is 4.34. The molecule has 2 heterocycles. The summed E-state index contributed by atoms with van der Waals surface area (Å²) in [6, 6.07) is 0. The van der Waals surface area contributed by atoms with Crippen LogP contribution in [0, 0.1) is 51.4 Å². The van der Waals surface area contributed by atoms with Crippen LogP contribution in [-0.2, 0) is 0 Å². The lowest BCUT2D eigenvalue weighted by molar-refractivity contribution is 0.111. The first kappa shape index (κ1) is 15.4. The topological polar surface area (TPSA) is 65.7 Å². The maximum atomic E-state index is 10.9. The SMILES string of the molecule is Cc1c(C#CC#Cc2[nH]c(C=O)c(C)c2C)[nH]c(C=O)c1C. The Bertz CT molecular complexity index is 800. The summed E-state index contributed by atoms with van der Waals surface area (Å²) in [7, 11) is 0. The molecule has 0 amide bonds. The molecule has 0 aliphatic carbocycles. The van der Waals surface area contributed by atoms with Crippen LogP contribution in [0.4, 0.5) is 0 Å². The quantitative estimate of drug-likeness (QED) is 0.660. The van der Waals surface area contributed by atoms with Gasteiger partial charge in [-0.3, -0.25) is 9.59 Å². The van der Waals surface area contributed by atoms with Gasteiger partial charge in [-0.25, -0.2) is 0 Å². The van der Waals surface area contributed by atoms with Gasteiger partial charge in [0.2, 0.25) is 0 Å². The van der Waals surface area contributed by atoms with E-state index in [0.717, 1.165) is 34.8 Å². The van der Waals surface area contributed by atoms with Gasteiger partial charge in [-0.2, -0.15) is 0 Å². The molecule has 2 aromatic heterocycles. The standard InChI is InChI=1S/C18H16N2O2/c1-11-13(3)17(9-21)19-15(11)7-5-6-8-16-12(2)14(4)18(10-22)20-16/h9-10,19-20H,1-4H3. The summed E-state index contributed by atoms with van der Waals surface area (Å²) in [5.74, 6) is 11.4. The van der Waals surface area contributed by atoms with Crippen LogP contribution >= 0.6 is 0 Å². The fourth-order valence-corrected chi connectivity index (χ4v) is 2.10. The van der Waals surface area contributed by atoms with E-state index < -0.39 is 0 Å². The highest BCUT2D eigenvalue weighted by Gasteiger charge is 2.08. The third kappa shape index (κ3) is 2.73. The van der Waals surface area contributed by atoms with Crippen molar-refractivity contribution in [3.8, 4) is 23.7 Å². The Labute approximate surface area is 129 Å². The van der Waals surface area contributed by atoms with E-state index in [0.29, 0.717) is 22.8 Å². The number of aromatic nitrogens is 2. The fourth-order valence-electron chi connectivity index (χ4n) is 2.10. The van der Waals surface area contributed by atoms with Gasteiger partial charge in [-0.1, -0.05) is 0 Å². The van der Waals surface area contributed by atoms with Crippen LogP contribution in [0.1, 0.15) is 54.6 Å². The minimum absolute atomic E-state index is 0.543. The average molecular weight is 292 g/mol. The van der Waals surface area contributed by atoms with Gasteiger partial charge in [-0.15, -0.1) is 0 Å². The molecule has 0 radical (unpaired) electrons. The number of H-pyrrole nitrogens is 2. The first-order valence-corrected chi connectivity index (χ1v) is 6.80. The highest BCUT2D eigenvalue weighted by molar-refractivity contribution is 5.77. The van der Waals surface area contributed by atoms with Gasteiger partial charge in [0.15, 0.2) is 12.6 Å². The highest BCUT2D eigenvalue weighted by atomic mass is 16.1. The Morgan fingerprint density at radius 3 is 1.32 bits per heavy atom. The zero-order chi connectivity index (χ0) is 16.3. The second-order valence-electron chi connectivity index (χ2n) is 5.06. The number of aromatic amines is 2. The Morgan fingerprint density at radius 1 is 0.682 bits per heavy atom. The van der Waals surface area contributed by atoms with E-state index in [9.17, 15) is 9.59 Å². The van der Waals surface area contributed by atoms with Crippen LogP contribution in [0.15, 0.2) is 0 Å². The summed E-state index contributed by atoms with van der Waals surface area (Å²) in [5.41, 5.74) is 6.18. The number of aldehydes is 2. The molecule has 0 bridgehead atoms. The Balaban J connectivity index is 2.30. The van der Waals surface area contributed by atoms with Crippen LogP contribution in [0.25, 0.3) is 0 Å². The molecule has 22 heavy (non-hydrogen) atoms. The van der Waals surface area contributed by atoms with Gasteiger partial charge in [0, 0.05) is 0 Å². The molecule has 0 fully saturated rings. The van der Waals surface area contributed by atoms with Crippen molar-refractivity contribution in [3.63, 3.8) is 0 Å². The van der Waals surface area contributed by atoms with E-state index in [-0.39, 0.29) is 0 Å². The number of nitrogens with one attached hydrogen (secondary N) is 2. The number of hydrogen-bond donors (Lipinski definition) is 2. The summed E-state index contributed by atoms with van der Waals surface area (Å²) < 4.78 is 0. The molecule has 0 aliphatic rings. The minimum Gasteiger partial charge on any atom is -0.345 e. The maximum absolute atomic E-state index is 10.9. The zero-order valence-electron chi connectivity index (χ0n) is 13.0. The zero-order valence-corrected chi connectivity index (χ0v) is 13.0. The highest BCUT2D eigenvalue weighted by Crippen LogP contribution is 2.15. The van der Waals surface area contributed by atoms with Crippen molar-refractivity contribution >= 4 is 12.6 Å². The van der Waals surface area contributed by atoms with Crippen molar-refractivity contribution in [1.29, 1.82) is 0 Å². The lowest BCUT2D eigenvalue weighted by atomic mass is 10.1. The van der Waals surface area contributed by atoms with Crippen molar-refractivity contribution < 1.29 is 9.59 Å². The Morgan fingerprint density at radius 2 is 1.05 bits per heavy atom. The predicted octanol–water partition coefficient (Wildman–Crippen LogP) is 2.60. The normalized spacial score (nSPS) is 9.45. The molecule has 2 N–H and O–H groups in total. The molecule has 2 aromatic rings. The molecule has 0 saturated heterocycles. The molecule has 0 unspecified atom stereocenters. The number of hydrogen-bond acceptors (Lipinski definition) is 2. The maximum Gasteiger partial charge on any atom is 0.166 e. The molecule has 0 spiro atoms. The van der Waals surface area contributed by atoms with Crippen molar-refractivity contribution in [2.45, 2.75) is 27.7 Å². The van der Waals surface area contributed by atoms with Crippen LogP contribution < -0.4 is 0 Å². The predicted molar refractivity (Wildman–Crippen MR) is 85.1 cm³/mol. The molecular weight excluding hydrogens is 276 g/mol. The fraction of sp³-hybridized carbons (Fsp3) is 0.222. The van der Waals surface area contributed by atoms with Crippen molar-refractivity contribution in [2.75, 3.05) is 0 Å². The summed E-state index contributed by atoms with van der Waals surface area (Å²) >= 11 is 0. The third-order valence-electron chi connectivity index (χ3n) is 3.88. The molecule has 4 nitrogen and oxygen atoms in total. The first-order chi connectivity index (χ1) is 10.5. The van der Waals surface area contributed by atoms with E-state index in [1.165, 1.54) is 0 Å². The largest absolute Gasteiger partial charge is 0.345 e. The summed E-state index contributed by atoms with van der Waals surface area (Å²) in [6.07, 6.45) is 1.57. The number of carbonyl (C=O) groups excluding carboxylic acids is 2. The van der Waals surface area contributed by atoms with Crippen molar-refractivity contribution in [3.05, 3.63) is 45.0 Å². The minimum atomic E-state index is 0.543. The average Bonchev–Trinajstić information content (AvgIpc) is 2.95. The number of carbonyl (C=O) groups is 2. The van der Waals surface area contributed by atoms with E-state index in [4.69, 9.17) is 0 Å². The monoisotopic (exact) mass is 292 g/mol. The second-order valence-corrected chi connectivity index (χ2v) is 5.06. The van der Waals surface area contributed by atoms with Gasteiger partial charge in [0.05, 0.1) is 22.8 Å². The second kappa shape index (κ2) is 6.20. The Hall–Kier alpha value is -2.98. The summed E-state index contributed by atoms with van der Waals surface area (Å²) in [6.45, 7) is 7.56. The van der Waals surface area contributed by atoms with Crippen molar-refractivity contribution in [1.82, 2.24) is 9.97 Å². The van der Waals surface area contributed by atoms with E-state index in [2.05, 4.69) is 33.6 Å². The molecule has 2 rings (SSSR count). The molecular formula is C18H16N2O2. The summed E-state index contributed by atoms with van der Waals surface area (Å²) in [4.78, 5) is 27.7. The van der Waals surface area contributed by atoms with Crippen LogP contribution in [-0.4, -0.2) is 22.5 Å². The molecule has 0 saturated carbocycles. The molecule has 4 heteroatoms. The molecule has 110 valence electrons. The molecule has 0 atom stereocenters. The van der Waals surface area contributed by atoms with E-state index in [1.54, 1.807) is 0 Å². The van der Waals surface area contributed by atoms with Crippen LogP contribution in [0.5, 0.6) is 0 Å². The van der Waals surface area contributed by atoms with Crippen LogP contribution in [0.2, 0.25) is 0 Å².